The van der Waals surface area contributed by atoms with Gasteiger partial charge < -0.3 is 29.2 Å². The Morgan fingerprint density at radius 1 is 1.11 bits per heavy atom. The molecule has 0 aliphatic carbocycles. The number of phenols is 1. The summed E-state index contributed by atoms with van der Waals surface area (Å²) in [6.07, 6.45) is 3.43. The van der Waals surface area contributed by atoms with Gasteiger partial charge in [0.1, 0.15) is 17.6 Å². The zero-order valence-electron chi connectivity index (χ0n) is 16.3. The average molecular weight is 386 g/mol. The van der Waals surface area contributed by atoms with Gasteiger partial charge in [0, 0.05) is 23.8 Å². The van der Waals surface area contributed by atoms with Gasteiger partial charge in [0.15, 0.2) is 11.5 Å². The summed E-state index contributed by atoms with van der Waals surface area (Å²) in [5.74, 6) is 1.52. The topological polar surface area (TPSA) is 77.4 Å². The van der Waals surface area contributed by atoms with E-state index in [9.17, 15) is 10.2 Å². The number of hydrogen-bond acceptors (Lipinski definition) is 6. The fourth-order valence-electron chi connectivity index (χ4n) is 3.42. The minimum atomic E-state index is -0.461. The molecule has 28 heavy (non-hydrogen) atoms. The van der Waals surface area contributed by atoms with Gasteiger partial charge in [-0.15, -0.1) is 0 Å². The molecular formula is C22H26O6. The van der Waals surface area contributed by atoms with E-state index in [0.717, 1.165) is 16.7 Å². The number of benzene rings is 2. The molecule has 6 heteroatoms. The fourth-order valence-corrected chi connectivity index (χ4v) is 3.42. The molecule has 1 heterocycles. The lowest BCUT2D eigenvalue weighted by atomic mass is 9.90. The quantitative estimate of drug-likeness (QED) is 0.674. The molecule has 0 fully saturated rings. The highest BCUT2D eigenvalue weighted by Crippen LogP contribution is 2.51. The van der Waals surface area contributed by atoms with Crippen LogP contribution in [0.4, 0.5) is 0 Å². The number of ether oxygens (including phenoxy) is 4. The van der Waals surface area contributed by atoms with Gasteiger partial charge >= 0.3 is 0 Å². The maximum atomic E-state index is 10.1. The molecule has 2 aromatic carbocycles. The number of aromatic hydroxyl groups is 1. The average Bonchev–Trinajstić information content (AvgIpc) is 3.08. The Labute approximate surface area is 164 Å². The van der Waals surface area contributed by atoms with Crippen molar-refractivity contribution in [1.29, 1.82) is 0 Å². The fraction of sp³-hybridized carbons (Fsp3) is 0.364. The number of fused-ring (bicyclic) bond motifs is 1. The molecule has 1 aliphatic heterocycles. The number of aliphatic hydroxyl groups is 1. The smallest absolute Gasteiger partial charge is 0.165 e. The molecule has 0 unspecified atom stereocenters. The van der Waals surface area contributed by atoms with E-state index in [1.165, 1.54) is 13.2 Å². The number of aliphatic hydroxyl groups excluding tert-OH is 1. The van der Waals surface area contributed by atoms with Crippen LogP contribution in [0.15, 0.2) is 36.4 Å². The van der Waals surface area contributed by atoms with Crippen LogP contribution in [0.5, 0.6) is 23.0 Å². The summed E-state index contributed by atoms with van der Waals surface area (Å²) < 4.78 is 22.3. The monoisotopic (exact) mass is 386 g/mol. The third-order valence-electron chi connectivity index (χ3n) is 4.74. The van der Waals surface area contributed by atoms with E-state index in [1.807, 2.05) is 31.2 Å². The zero-order valence-corrected chi connectivity index (χ0v) is 16.3. The van der Waals surface area contributed by atoms with Gasteiger partial charge in [0.2, 0.25) is 0 Å². The molecule has 0 radical (unpaired) electrons. The van der Waals surface area contributed by atoms with Gasteiger partial charge in [-0.3, -0.25) is 0 Å². The van der Waals surface area contributed by atoms with Gasteiger partial charge in [-0.2, -0.15) is 0 Å². The van der Waals surface area contributed by atoms with Gasteiger partial charge in [0.05, 0.1) is 33.4 Å². The Balaban J connectivity index is 1.97. The van der Waals surface area contributed by atoms with Crippen molar-refractivity contribution in [3.63, 3.8) is 0 Å². The minimum Gasteiger partial charge on any atom is -0.508 e. The second-order valence-corrected chi connectivity index (χ2v) is 6.50. The molecule has 0 bridgehead atoms. The van der Waals surface area contributed by atoms with E-state index in [-0.39, 0.29) is 18.3 Å². The molecule has 0 aromatic heterocycles. The predicted octanol–water partition coefficient (Wildman–Crippen LogP) is 3.67. The SMILES string of the molecule is CCOC/C=C/c1cc(OC)c2c(c1)[C@@H](CO)[C@H](c1cc(O)cc(OC)c1)O2. The van der Waals surface area contributed by atoms with Crippen LogP contribution in [-0.2, 0) is 4.74 Å². The van der Waals surface area contributed by atoms with Crippen molar-refractivity contribution in [3.05, 3.63) is 53.1 Å². The summed E-state index contributed by atoms with van der Waals surface area (Å²) in [5.41, 5.74) is 2.53. The maximum absolute atomic E-state index is 10.1. The number of phenolic OH excluding ortho intramolecular Hbond substituents is 1. The molecule has 6 nitrogen and oxygen atoms in total. The second kappa shape index (κ2) is 8.99. The number of hydrogen-bond donors (Lipinski definition) is 2. The molecule has 150 valence electrons. The normalized spacial score (nSPS) is 18.1. The van der Waals surface area contributed by atoms with Crippen LogP contribution in [0.2, 0.25) is 0 Å². The summed E-state index contributed by atoms with van der Waals surface area (Å²) in [5, 5.41) is 20.1. The first-order chi connectivity index (χ1) is 13.6. The summed E-state index contributed by atoms with van der Waals surface area (Å²) in [6, 6.07) is 8.83. The number of rotatable bonds is 8. The van der Waals surface area contributed by atoms with Gasteiger partial charge in [-0.05, 0) is 36.8 Å². The van der Waals surface area contributed by atoms with Crippen molar-refractivity contribution in [1.82, 2.24) is 0 Å². The van der Waals surface area contributed by atoms with Crippen LogP contribution in [0.3, 0.4) is 0 Å². The van der Waals surface area contributed by atoms with Crippen molar-refractivity contribution in [2.45, 2.75) is 18.9 Å². The molecule has 3 rings (SSSR count). The lowest BCUT2D eigenvalue weighted by Crippen LogP contribution is -2.13. The molecule has 1 aliphatic rings. The lowest BCUT2D eigenvalue weighted by molar-refractivity contribution is 0.156. The molecule has 0 saturated heterocycles. The third-order valence-corrected chi connectivity index (χ3v) is 4.74. The minimum absolute atomic E-state index is 0.0807. The van der Waals surface area contributed by atoms with Crippen molar-refractivity contribution >= 4 is 6.08 Å². The van der Waals surface area contributed by atoms with Crippen molar-refractivity contribution < 1.29 is 29.2 Å². The molecule has 2 aromatic rings. The van der Waals surface area contributed by atoms with E-state index < -0.39 is 6.10 Å². The molecule has 0 saturated carbocycles. The molecule has 0 spiro atoms. The predicted molar refractivity (Wildman–Crippen MR) is 106 cm³/mol. The van der Waals surface area contributed by atoms with Gasteiger partial charge in [-0.1, -0.05) is 12.2 Å². The Bertz CT molecular complexity index is 845. The standard InChI is InChI=1S/C22H26O6/c1-4-27-7-5-6-14-8-18-19(13-23)21(28-22(18)20(9-14)26-3)15-10-16(24)12-17(11-15)25-2/h5-6,8-12,19,21,23-24H,4,7,13H2,1-3H3/b6-5+/t19-,21+/m1/s1. The highest BCUT2D eigenvalue weighted by Gasteiger charge is 2.38. The summed E-state index contributed by atoms with van der Waals surface area (Å²) in [7, 11) is 3.13. The summed E-state index contributed by atoms with van der Waals surface area (Å²) in [6.45, 7) is 3.03. The lowest BCUT2D eigenvalue weighted by Gasteiger charge is -2.18. The molecular weight excluding hydrogens is 360 g/mol. The van der Waals surface area contributed by atoms with Crippen LogP contribution < -0.4 is 14.2 Å². The highest BCUT2D eigenvalue weighted by atomic mass is 16.5. The van der Waals surface area contributed by atoms with Crippen LogP contribution in [0.25, 0.3) is 6.08 Å². The Hall–Kier alpha value is -2.70. The molecule has 2 N–H and O–H groups in total. The first-order valence-electron chi connectivity index (χ1n) is 9.22. The van der Waals surface area contributed by atoms with Gasteiger partial charge in [0.25, 0.3) is 0 Å². The van der Waals surface area contributed by atoms with Crippen molar-refractivity contribution in [2.24, 2.45) is 0 Å². The van der Waals surface area contributed by atoms with Gasteiger partial charge in [-0.25, -0.2) is 0 Å². The van der Waals surface area contributed by atoms with Crippen LogP contribution in [0.1, 0.15) is 35.6 Å². The van der Waals surface area contributed by atoms with Crippen LogP contribution in [0, 0.1) is 0 Å². The molecule has 2 atom stereocenters. The van der Waals surface area contributed by atoms with Crippen molar-refractivity contribution in [3.8, 4) is 23.0 Å². The number of methoxy groups -OCH3 is 2. The van der Waals surface area contributed by atoms with E-state index >= 15 is 0 Å². The second-order valence-electron chi connectivity index (χ2n) is 6.50. The largest absolute Gasteiger partial charge is 0.508 e. The first kappa shape index (κ1) is 20.0. The Morgan fingerprint density at radius 2 is 1.93 bits per heavy atom. The Morgan fingerprint density at radius 3 is 2.61 bits per heavy atom. The highest BCUT2D eigenvalue weighted by molar-refractivity contribution is 5.62. The third kappa shape index (κ3) is 4.08. The van der Waals surface area contributed by atoms with Crippen LogP contribution in [-0.4, -0.2) is 44.3 Å². The maximum Gasteiger partial charge on any atom is 0.165 e. The Kier molecular flexibility index (Phi) is 6.44. The van der Waals surface area contributed by atoms with Crippen molar-refractivity contribution in [2.75, 3.05) is 34.0 Å². The first-order valence-corrected chi connectivity index (χ1v) is 9.22. The van der Waals surface area contributed by atoms with Crippen LogP contribution >= 0.6 is 0 Å². The van der Waals surface area contributed by atoms with E-state index in [0.29, 0.717) is 30.5 Å². The zero-order chi connectivity index (χ0) is 20.1. The molecule has 0 amide bonds. The van der Waals surface area contributed by atoms with E-state index in [2.05, 4.69) is 0 Å². The van der Waals surface area contributed by atoms with E-state index in [4.69, 9.17) is 18.9 Å². The summed E-state index contributed by atoms with van der Waals surface area (Å²) >= 11 is 0. The van der Waals surface area contributed by atoms with E-state index in [1.54, 1.807) is 19.2 Å². The summed E-state index contributed by atoms with van der Waals surface area (Å²) in [4.78, 5) is 0.